The molecule has 0 fully saturated rings. The Morgan fingerprint density at radius 3 is 2.90 bits per heavy atom. The zero-order valence-electron chi connectivity index (χ0n) is 10.4. The summed E-state index contributed by atoms with van der Waals surface area (Å²) in [5.41, 5.74) is 1.93. The van der Waals surface area contributed by atoms with Crippen LogP contribution in [0.4, 0.5) is 4.39 Å². The Labute approximate surface area is 127 Å². The van der Waals surface area contributed by atoms with Crippen LogP contribution in [0.3, 0.4) is 0 Å². The molecule has 2 aromatic heterocycles. The van der Waals surface area contributed by atoms with Crippen LogP contribution in [0, 0.1) is 10.6 Å². The van der Waals surface area contributed by atoms with Gasteiger partial charge in [-0.1, -0.05) is 0 Å². The third-order valence-corrected chi connectivity index (χ3v) is 3.82. The minimum atomic E-state index is -0.345. The fourth-order valence-corrected chi connectivity index (χ4v) is 2.68. The van der Waals surface area contributed by atoms with Gasteiger partial charge >= 0.3 is 0 Å². The summed E-state index contributed by atoms with van der Waals surface area (Å²) in [6.07, 6.45) is 0. The average Bonchev–Trinajstić information content (AvgIpc) is 2.76. The zero-order valence-corrected chi connectivity index (χ0v) is 12.8. The van der Waals surface area contributed by atoms with Crippen molar-refractivity contribution in [3.63, 3.8) is 0 Å². The number of halogens is 2. The number of H-pyrrole nitrogens is 1. The number of imidazole rings is 1. The third kappa shape index (κ3) is 2.12. The standard InChI is InChI=1S/C13H9BrFN3OS/c1-19-11-5-4-9-12(17-11)18(13(20)16-9)10-6-7(15)2-3-8(10)14/h2-6H,1H3,(H,16,20). The third-order valence-electron chi connectivity index (χ3n) is 2.86. The fourth-order valence-electron chi connectivity index (χ4n) is 1.96. The molecule has 20 heavy (non-hydrogen) atoms. The predicted octanol–water partition coefficient (Wildman–Crippen LogP) is 3.99. The van der Waals surface area contributed by atoms with Crippen molar-refractivity contribution in [2.75, 3.05) is 7.11 Å². The van der Waals surface area contributed by atoms with Crippen LogP contribution < -0.4 is 4.74 Å². The minimum absolute atomic E-state index is 0.345. The molecule has 4 nitrogen and oxygen atoms in total. The lowest BCUT2D eigenvalue weighted by molar-refractivity contribution is 0.399. The summed E-state index contributed by atoms with van der Waals surface area (Å²) in [4.78, 5) is 7.40. The van der Waals surface area contributed by atoms with Crippen LogP contribution in [0.15, 0.2) is 34.8 Å². The highest BCUT2D eigenvalue weighted by Crippen LogP contribution is 2.26. The number of rotatable bonds is 2. The quantitative estimate of drug-likeness (QED) is 0.708. The van der Waals surface area contributed by atoms with Gasteiger partial charge in [0.2, 0.25) is 5.88 Å². The van der Waals surface area contributed by atoms with E-state index >= 15 is 0 Å². The molecule has 1 N–H and O–H groups in total. The summed E-state index contributed by atoms with van der Waals surface area (Å²) in [6.45, 7) is 0. The first kappa shape index (κ1) is 13.3. The van der Waals surface area contributed by atoms with E-state index in [0.717, 1.165) is 9.99 Å². The van der Waals surface area contributed by atoms with E-state index in [9.17, 15) is 4.39 Å². The molecule has 0 amide bonds. The highest BCUT2D eigenvalue weighted by Gasteiger charge is 2.12. The fraction of sp³-hybridized carbons (Fsp3) is 0.0769. The van der Waals surface area contributed by atoms with Crippen LogP contribution >= 0.6 is 28.1 Å². The summed E-state index contributed by atoms with van der Waals surface area (Å²) in [7, 11) is 1.54. The Kier molecular flexibility index (Phi) is 3.31. The molecular weight excluding hydrogens is 345 g/mol. The molecule has 0 aliphatic rings. The van der Waals surface area contributed by atoms with Crippen molar-refractivity contribution < 1.29 is 9.13 Å². The number of nitrogens with zero attached hydrogens (tertiary/aromatic N) is 2. The number of methoxy groups -OCH3 is 1. The first-order valence-electron chi connectivity index (χ1n) is 5.71. The molecule has 0 saturated carbocycles. The molecule has 0 aliphatic carbocycles. The van der Waals surface area contributed by atoms with Crippen molar-refractivity contribution in [1.29, 1.82) is 0 Å². The number of nitrogens with one attached hydrogen (secondary N) is 1. The normalized spacial score (nSPS) is 10.9. The van der Waals surface area contributed by atoms with E-state index in [1.165, 1.54) is 19.2 Å². The van der Waals surface area contributed by atoms with Gasteiger partial charge in [0.15, 0.2) is 10.4 Å². The number of hydrogen-bond donors (Lipinski definition) is 1. The summed E-state index contributed by atoms with van der Waals surface area (Å²) in [5, 5.41) is 0. The van der Waals surface area contributed by atoms with Crippen molar-refractivity contribution in [2.24, 2.45) is 0 Å². The average molecular weight is 354 g/mol. The van der Waals surface area contributed by atoms with Crippen molar-refractivity contribution in [3.8, 4) is 11.6 Å². The van der Waals surface area contributed by atoms with E-state index < -0.39 is 0 Å². The molecule has 1 aromatic carbocycles. The summed E-state index contributed by atoms with van der Waals surface area (Å²) in [5.74, 6) is 0.120. The number of aromatic amines is 1. The van der Waals surface area contributed by atoms with Crippen LogP contribution in [-0.2, 0) is 0 Å². The molecule has 0 unspecified atom stereocenters. The highest BCUT2D eigenvalue weighted by atomic mass is 79.9. The molecular formula is C13H9BrFN3OS. The zero-order chi connectivity index (χ0) is 14.3. The van der Waals surface area contributed by atoms with E-state index in [-0.39, 0.29) is 5.82 Å². The summed E-state index contributed by atoms with van der Waals surface area (Å²) >= 11 is 8.70. The van der Waals surface area contributed by atoms with Crippen molar-refractivity contribution in [1.82, 2.24) is 14.5 Å². The van der Waals surface area contributed by atoms with Gasteiger partial charge in [0.05, 0.1) is 18.3 Å². The van der Waals surface area contributed by atoms with Crippen LogP contribution in [0.25, 0.3) is 16.9 Å². The van der Waals surface area contributed by atoms with Crippen molar-refractivity contribution in [2.45, 2.75) is 0 Å². The Morgan fingerprint density at radius 2 is 2.15 bits per heavy atom. The van der Waals surface area contributed by atoms with Gasteiger partial charge in [-0.2, -0.15) is 4.98 Å². The highest BCUT2D eigenvalue weighted by molar-refractivity contribution is 9.10. The molecule has 2 heterocycles. The number of pyridine rings is 1. The molecule has 0 atom stereocenters. The topological polar surface area (TPSA) is 42.8 Å². The van der Waals surface area contributed by atoms with Gasteiger partial charge in [-0.25, -0.2) is 4.39 Å². The van der Waals surface area contributed by atoms with Gasteiger partial charge in [0.1, 0.15) is 5.82 Å². The molecule has 3 rings (SSSR count). The van der Waals surface area contributed by atoms with Gasteiger partial charge in [-0.3, -0.25) is 4.57 Å². The lowest BCUT2D eigenvalue weighted by Crippen LogP contribution is -1.98. The molecule has 0 saturated heterocycles. The molecule has 7 heteroatoms. The van der Waals surface area contributed by atoms with Crippen LogP contribution in [0.5, 0.6) is 5.88 Å². The maximum absolute atomic E-state index is 13.5. The van der Waals surface area contributed by atoms with Gasteiger partial charge in [-0.05, 0) is 52.4 Å². The maximum atomic E-state index is 13.5. The van der Waals surface area contributed by atoms with Crippen molar-refractivity contribution >= 4 is 39.3 Å². The number of hydrogen-bond acceptors (Lipinski definition) is 3. The molecule has 3 aromatic rings. The van der Waals surface area contributed by atoms with Gasteiger partial charge in [-0.15, -0.1) is 0 Å². The smallest absolute Gasteiger partial charge is 0.215 e. The van der Waals surface area contributed by atoms with E-state index in [2.05, 4.69) is 25.9 Å². The van der Waals surface area contributed by atoms with Gasteiger partial charge in [0, 0.05) is 10.5 Å². The number of ether oxygens (including phenoxy) is 1. The van der Waals surface area contributed by atoms with E-state index in [1.54, 1.807) is 16.7 Å². The molecule has 0 spiro atoms. The van der Waals surface area contributed by atoms with E-state index in [0.29, 0.717) is 22.0 Å². The van der Waals surface area contributed by atoms with Crippen molar-refractivity contribution in [3.05, 3.63) is 45.4 Å². The largest absolute Gasteiger partial charge is 0.481 e. The second-order valence-corrected chi connectivity index (χ2v) is 5.33. The monoisotopic (exact) mass is 353 g/mol. The van der Waals surface area contributed by atoms with Crippen LogP contribution in [-0.4, -0.2) is 21.6 Å². The number of benzene rings is 1. The molecule has 0 aliphatic heterocycles. The first-order valence-corrected chi connectivity index (χ1v) is 6.91. The molecule has 0 radical (unpaired) electrons. The lowest BCUT2D eigenvalue weighted by Gasteiger charge is -2.07. The predicted molar refractivity (Wildman–Crippen MR) is 80.5 cm³/mol. The van der Waals surface area contributed by atoms with Gasteiger partial charge in [0.25, 0.3) is 0 Å². The summed E-state index contributed by atoms with van der Waals surface area (Å²) in [6, 6.07) is 7.96. The van der Waals surface area contributed by atoms with Crippen LogP contribution in [0.1, 0.15) is 0 Å². The second kappa shape index (κ2) is 4.99. The van der Waals surface area contributed by atoms with E-state index in [1.807, 2.05) is 6.07 Å². The van der Waals surface area contributed by atoms with Crippen LogP contribution in [0.2, 0.25) is 0 Å². The first-order chi connectivity index (χ1) is 9.60. The Morgan fingerprint density at radius 1 is 1.35 bits per heavy atom. The van der Waals surface area contributed by atoms with E-state index in [4.69, 9.17) is 17.0 Å². The van der Waals surface area contributed by atoms with Gasteiger partial charge < -0.3 is 9.72 Å². The minimum Gasteiger partial charge on any atom is -0.481 e. The molecule has 0 bridgehead atoms. The Bertz CT molecular complexity index is 858. The summed E-state index contributed by atoms with van der Waals surface area (Å²) < 4.78 is 21.4. The number of fused-ring (bicyclic) bond motifs is 1. The maximum Gasteiger partial charge on any atom is 0.215 e. The lowest BCUT2D eigenvalue weighted by atomic mass is 10.3. The Balaban J connectivity index is 2.37. The second-order valence-electron chi connectivity index (χ2n) is 4.09. The Hall–Kier alpha value is -1.73. The number of aromatic nitrogens is 3. The molecule has 102 valence electrons. The SMILES string of the molecule is COc1ccc2[nH]c(=S)n(-c3cc(F)ccc3Br)c2n1.